The molecule has 1 unspecified atom stereocenters. The molecular formula is C21H28N2O4. The van der Waals surface area contributed by atoms with E-state index in [0.29, 0.717) is 24.7 Å². The van der Waals surface area contributed by atoms with Gasteiger partial charge in [-0.05, 0) is 50.6 Å². The maximum Gasteiger partial charge on any atom is 0.319 e. The van der Waals surface area contributed by atoms with Gasteiger partial charge in [0, 0.05) is 7.11 Å². The Morgan fingerprint density at radius 2 is 1.81 bits per heavy atom. The highest BCUT2D eigenvalue weighted by atomic mass is 16.5. The third kappa shape index (κ3) is 6.83. The fraction of sp³-hybridized carbons (Fsp3) is 0.381. The van der Waals surface area contributed by atoms with Crippen LogP contribution in [0.3, 0.4) is 0 Å². The number of methoxy groups -OCH3 is 1. The third-order valence-electron chi connectivity index (χ3n) is 3.76. The first-order valence-corrected chi connectivity index (χ1v) is 9.04. The van der Waals surface area contributed by atoms with Crippen LogP contribution in [0.1, 0.15) is 32.4 Å². The molecule has 0 fully saturated rings. The molecule has 2 aromatic rings. The topological polar surface area (TPSA) is 68.8 Å². The van der Waals surface area contributed by atoms with Crippen molar-refractivity contribution in [1.29, 1.82) is 0 Å². The number of para-hydroxylation sites is 2. The summed E-state index contributed by atoms with van der Waals surface area (Å²) in [7, 11) is 1.61. The number of carbonyl (C=O) groups excluding carboxylic acids is 1. The predicted octanol–water partition coefficient (Wildman–Crippen LogP) is 4.38. The smallest absolute Gasteiger partial charge is 0.319 e. The minimum absolute atomic E-state index is 0.0985. The van der Waals surface area contributed by atoms with Crippen molar-refractivity contribution in [2.45, 2.75) is 32.9 Å². The molecule has 1 atom stereocenters. The standard InChI is InChI=1S/C21H28N2O4/c1-15(2)27-18-9-7-8-17(14-18)16(3)22-21(24)23-19-10-5-6-11-20(19)26-13-12-25-4/h5-11,14-16H,12-13H2,1-4H3,(H2,22,23,24). The largest absolute Gasteiger partial charge is 0.491 e. The molecule has 2 N–H and O–H groups in total. The molecule has 6 nitrogen and oxygen atoms in total. The number of carbonyl (C=O) groups is 1. The highest BCUT2D eigenvalue weighted by Gasteiger charge is 2.12. The molecule has 0 aliphatic carbocycles. The van der Waals surface area contributed by atoms with Gasteiger partial charge >= 0.3 is 6.03 Å². The summed E-state index contributed by atoms with van der Waals surface area (Å²) in [5.41, 5.74) is 1.57. The number of nitrogens with one attached hydrogen (secondary N) is 2. The summed E-state index contributed by atoms with van der Waals surface area (Å²) in [5.74, 6) is 1.39. The highest BCUT2D eigenvalue weighted by molar-refractivity contribution is 5.91. The Morgan fingerprint density at radius 1 is 1.04 bits per heavy atom. The number of urea groups is 1. The normalized spacial score (nSPS) is 11.7. The Morgan fingerprint density at radius 3 is 2.56 bits per heavy atom. The molecule has 146 valence electrons. The molecule has 0 saturated carbocycles. The third-order valence-corrected chi connectivity index (χ3v) is 3.76. The summed E-state index contributed by atoms with van der Waals surface area (Å²) in [6, 6.07) is 14.5. The molecule has 2 aromatic carbocycles. The predicted molar refractivity (Wildman–Crippen MR) is 107 cm³/mol. The summed E-state index contributed by atoms with van der Waals surface area (Å²) in [6.45, 7) is 6.78. The number of benzene rings is 2. The Bertz CT molecular complexity index is 734. The quantitative estimate of drug-likeness (QED) is 0.641. The molecule has 27 heavy (non-hydrogen) atoms. The molecule has 0 radical (unpaired) electrons. The average molecular weight is 372 g/mol. The first kappa shape index (κ1) is 20.6. The van der Waals surface area contributed by atoms with Crippen LogP contribution in [0, 0.1) is 0 Å². The van der Waals surface area contributed by atoms with Gasteiger partial charge in [0.1, 0.15) is 18.1 Å². The van der Waals surface area contributed by atoms with E-state index in [2.05, 4.69) is 10.6 Å². The van der Waals surface area contributed by atoms with E-state index in [1.54, 1.807) is 19.2 Å². The fourth-order valence-corrected chi connectivity index (χ4v) is 2.50. The van der Waals surface area contributed by atoms with Gasteiger partial charge < -0.3 is 24.8 Å². The van der Waals surface area contributed by atoms with Crippen molar-refractivity contribution in [3.05, 3.63) is 54.1 Å². The van der Waals surface area contributed by atoms with Gasteiger partial charge in [-0.1, -0.05) is 24.3 Å². The van der Waals surface area contributed by atoms with E-state index in [-0.39, 0.29) is 18.2 Å². The number of anilines is 1. The van der Waals surface area contributed by atoms with Crippen molar-refractivity contribution in [2.24, 2.45) is 0 Å². The summed E-state index contributed by atoms with van der Waals surface area (Å²) in [5, 5.41) is 5.77. The van der Waals surface area contributed by atoms with Crippen LogP contribution in [0.4, 0.5) is 10.5 Å². The van der Waals surface area contributed by atoms with Crippen molar-refractivity contribution in [2.75, 3.05) is 25.6 Å². The van der Waals surface area contributed by atoms with Gasteiger partial charge in [0.25, 0.3) is 0 Å². The second-order valence-electron chi connectivity index (χ2n) is 6.40. The first-order valence-electron chi connectivity index (χ1n) is 9.04. The number of ether oxygens (including phenoxy) is 3. The lowest BCUT2D eigenvalue weighted by Gasteiger charge is -2.18. The summed E-state index contributed by atoms with van der Waals surface area (Å²) in [4.78, 5) is 12.4. The van der Waals surface area contributed by atoms with Gasteiger partial charge in [-0.15, -0.1) is 0 Å². The molecule has 6 heteroatoms. The van der Waals surface area contributed by atoms with Gasteiger partial charge in [0.05, 0.1) is 24.4 Å². The molecular weight excluding hydrogens is 344 g/mol. The molecule has 0 aliphatic rings. The monoisotopic (exact) mass is 372 g/mol. The zero-order valence-electron chi connectivity index (χ0n) is 16.3. The molecule has 0 heterocycles. The van der Waals surface area contributed by atoms with Crippen molar-refractivity contribution < 1.29 is 19.0 Å². The Hall–Kier alpha value is -2.73. The van der Waals surface area contributed by atoms with Crippen LogP contribution in [-0.4, -0.2) is 32.5 Å². The Labute approximate surface area is 160 Å². The minimum Gasteiger partial charge on any atom is -0.491 e. The zero-order chi connectivity index (χ0) is 19.6. The summed E-state index contributed by atoms with van der Waals surface area (Å²) in [6.07, 6.45) is 0.0985. The maximum absolute atomic E-state index is 12.4. The van der Waals surface area contributed by atoms with Crippen molar-refractivity contribution in [3.63, 3.8) is 0 Å². The van der Waals surface area contributed by atoms with Gasteiger partial charge in [-0.2, -0.15) is 0 Å². The van der Waals surface area contributed by atoms with Crippen LogP contribution in [-0.2, 0) is 4.74 Å². The number of hydrogen-bond acceptors (Lipinski definition) is 4. The summed E-state index contributed by atoms with van der Waals surface area (Å²) >= 11 is 0. The van der Waals surface area contributed by atoms with Crippen molar-refractivity contribution in [1.82, 2.24) is 5.32 Å². The zero-order valence-corrected chi connectivity index (χ0v) is 16.3. The van der Waals surface area contributed by atoms with Gasteiger partial charge in [-0.3, -0.25) is 0 Å². The molecule has 0 aromatic heterocycles. The maximum atomic E-state index is 12.4. The van der Waals surface area contributed by atoms with Gasteiger partial charge in [-0.25, -0.2) is 4.79 Å². The van der Waals surface area contributed by atoms with Gasteiger partial charge in [0.2, 0.25) is 0 Å². The SMILES string of the molecule is COCCOc1ccccc1NC(=O)NC(C)c1cccc(OC(C)C)c1. The van der Waals surface area contributed by atoms with E-state index in [4.69, 9.17) is 14.2 Å². The van der Waals surface area contributed by atoms with E-state index >= 15 is 0 Å². The van der Waals surface area contributed by atoms with Crippen LogP contribution < -0.4 is 20.1 Å². The van der Waals surface area contributed by atoms with Crippen LogP contribution in [0.25, 0.3) is 0 Å². The lowest BCUT2D eigenvalue weighted by Crippen LogP contribution is -2.31. The molecule has 0 aliphatic heterocycles. The first-order chi connectivity index (χ1) is 13.0. The average Bonchev–Trinajstić information content (AvgIpc) is 2.63. The fourth-order valence-electron chi connectivity index (χ4n) is 2.50. The number of rotatable bonds is 9. The molecule has 2 rings (SSSR count). The van der Waals surface area contributed by atoms with Crippen LogP contribution in [0.2, 0.25) is 0 Å². The highest BCUT2D eigenvalue weighted by Crippen LogP contribution is 2.24. The van der Waals surface area contributed by atoms with E-state index in [9.17, 15) is 4.79 Å². The van der Waals surface area contributed by atoms with Crippen LogP contribution in [0.5, 0.6) is 11.5 Å². The van der Waals surface area contributed by atoms with Crippen LogP contribution in [0.15, 0.2) is 48.5 Å². The van der Waals surface area contributed by atoms with Gasteiger partial charge in [0.15, 0.2) is 0 Å². The lowest BCUT2D eigenvalue weighted by molar-refractivity contribution is 0.146. The Kier molecular flexibility index (Phi) is 7.95. The van der Waals surface area contributed by atoms with Crippen molar-refractivity contribution >= 4 is 11.7 Å². The number of amides is 2. The summed E-state index contributed by atoms with van der Waals surface area (Å²) < 4.78 is 16.3. The van der Waals surface area contributed by atoms with Crippen LogP contribution >= 0.6 is 0 Å². The molecule has 2 amide bonds. The minimum atomic E-state index is -0.305. The van der Waals surface area contributed by atoms with E-state index in [1.165, 1.54) is 0 Å². The second kappa shape index (κ2) is 10.4. The van der Waals surface area contributed by atoms with E-state index < -0.39 is 0 Å². The number of hydrogen-bond donors (Lipinski definition) is 2. The molecule has 0 bridgehead atoms. The van der Waals surface area contributed by atoms with E-state index in [0.717, 1.165) is 11.3 Å². The lowest BCUT2D eigenvalue weighted by atomic mass is 10.1. The van der Waals surface area contributed by atoms with Crippen molar-refractivity contribution in [3.8, 4) is 11.5 Å². The van der Waals surface area contributed by atoms with E-state index in [1.807, 2.05) is 57.2 Å². The second-order valence-corrected chi connectivity index (χ2v) is 6.40. The molecule has 0 saturated heterocycles. The molecule has 0 spiro atoms. The Balaban J connectivity index is 1.97.